The fraction of sp³-hybridized carbons (Fsp3) is 0.692. The first-order chi connectivity index (χ1) is 9.27. The second-order valence-corrected chi connectivity index (χ2v) is 8.94. The number of halogens is 1. The molecule has 1 fully saturated rings. The van der Waals surface area contributed by atoms with E-state index < -0.39 is 16.5 Å². The Kier molecular flexibility index (Phi) is 4.63. The van der Waals surface area contributed by atoms with Gasteiger partial charge in [-0.15, -0.1) is 0 Å². The van der Waals surface area contributed by atoms with E-state index >= 15 is 0 Å². The molecule has 0 spiro atoms. The second kappa shape index (κ2) is 5.79. The van der Waals surface area contributed by atoms with Gasteiger partial charge in [0.25, 0.3) is 0 Å². The van der Waals surface area contributed by atoms with Gasteiger partial charge in [-0.25, -0.2) is 18.9 Å². The van der Waals surface area contributed by atoms with Crippen molar-refractivity contribution < 1.29 is 8.95 Å². The van der Waals surface area contributed by atoms with Crippen molar-refractivity contribution in [2.75, 3.05) is 7.11 Å². The first-order valence-electron chi connectivity index (χ1n) is 6.47. The highest BCUT2D eigenvalue weighted by Gasteiger charge is 2.50. The van der Waals surface area contributed by atoms with E-state index in [4.69, 9.17) is 4.74 Å². The highest BCUT2D eigenvalue weighted by atomic mass is 79.9. The molecule has 1 unspecified atom stereocenters. The summed E-state index contributed by atoms with van der Waals surface area (Å²) in [5.41, 5.74) is -0.459. The maximum absolute atomic E-state index is 12.4. The van der Waals surface area contributed by atoms with Crippen molar-refractivity contribution >= 4 is 26.9 Å². The number of aromatic nitrogens is 2. The minimum absolute atomic E-state index is 0.159. The zero-order chi connectivity index (χ0) is 15.0. The fourth-order valence-corrected chi connectivity index (χ4v) is 3.21. The second-order valence-electron chi connectivity index (χ2n) is 6.06. The first-order valence-corrected chi connectivity index (χ1v) is 8.42. The van der Waals surface area contributed by atoms with Crippen molar-refractivity contribution in [1.82, 2.24) is 14.7 Å². The summed E-state index contributed by atoms with van der Waals surface area (Å²) in [5, 5.41) is 0. The summed E-state index contributed by atoms with van der Waals surface area (Å²) in [6.07, 6.45) is 5.05. The molecule has 1 aromatic rings. The van der Waals surface area contributed by atoms with E-state index in [0.29, 0.717) is 5.82 Å². The van der Waals surface area contributed by atoms with E-state index in [2.05, 4.69) is 30.6 Å². The molecule has 20 heavy (non-hydrogen) atoms. The van der Waals surface area contributed by atoms with E-state index in [1.54, 1.807) is 19.5 Å². The number of ether oxygens (including phenoxy) is 1. The van der Waals surface area contributed by atoms with E-state index in [1.165, 1.54) is 0 Å². The van der Waals surface area contributed by atoms with Gasteiger partial charge in [-0.2, -0.15) is 0 Å². The van der Waals surface area contributed by atoms with Gasteiger partial charge in [0.15, 0.2) is 0 Å². The molecule has 1 N–H and O–H groups in total. The molecule has 1 aliphatic carbocycles. The molecule has 0 aliphatic heterocycles. The first kappa shape index (κ1) is 16.0. The summed E-state index contributed by atoms with van der Waals surface area (Å²) >= 11 is 3.33. The molecule has 0 amide bonds. The Labute approximate surface area is 130 Å². The van der Waals surface area contributed by atoms with Crippen molar-refractivity contribution in [3.8, 4) is 0 Å². The van der Waals surface area contributed by atoms with Crippen LogP contribution in [0.2, 0.25) is 0 Å². The molecule has 1 heterocycles. The number of hydrogen-bond acceptors (Lipinski definition) is 4. The molecule has 0 bridgehead atoms. The van der Waals surface area contributed by atoms with Crippen LogP contribution in [0.1, 0.15) is 39.4 Å². The highest BCUT2D eigenvalue weighted by molar-refractivity contribution is 9.10. The molecule has 1 atom stereocenters. The van der Waals surface area contributed by atoms with Gasteiger partial charge in [0.05, 0.1) is 31.8 Å². The average Bonchev–Trinajstić information content (AvgIpc) is 2.33. The molecule has 0 radical (unpaired) electrons. The standard InChI is InChI=1S/C13H20BrN3O2S/c1-12(2,3)20(18)17-13(5-10(6-13)19-4)11-15-7-9(14)8-16-11/h7-8,10,17H,5-6H2,1-4H3. The quantitative estimate of drug-likeness (QED) is 0.893. The largest absolute Gasteiger partial charge is 0.381 e. The van der Waals surface area contributed by atoms with Crippen molar-refractivity contribution in [3.63, 3.8) is 0 Å². The monoisotopic (exact) mass is 361 g/mol. The molecule has 5 nitrogen and oxygen atoms in total. The third kappa shape index (κ3) is 3.27. The minimum atomic E-state index is -1.18. The van der Waals surface area contributed by atoms with Gasteiger partial charge in [0, 0.05) is 32.3 Å². The van der Waals surface area contributed by atoms with Gasteiger partial charge in [-0.3, -0.25) is 0 Å². The van der Waals surface area contributed by atoms with Crippen LogP contribution in [-0.4, -0.2) is 32.1 Å². The Morgan fingerprint density at radius 1 is 1.40 bits per heavy atom. The van der Waals surface area contributed by atoms with E-state index in [9.17, 15) is 4.21 Å². The van der Waals surface area contributed by atoms with Crippen LogP contribution >= 0.6 is 15.9 Å². The summed E-state index contributed by atoms with van der Waals surface area (Å²) in [6.45, 7) is 5.83. The van der Waals surface area contributed by atoms with E-state index in [-0.39, 0.29) is 10.9 Å². The van der Waals surface area contributed by atoms with Crippen LogP contribution in [0.5, 0.6) is 0 Å². The predicted molar refractivity (Wildman–Crippen MR) is 82.5 cm³/mol. The average molecular weight is 362 g/mol. The van der Waals surface area contributed by atoms with Crippen LogP contribution in [0.4, 0.5) is 0 Å². The summed E-state index contributed by atoms with van der Waals surface area (Å²) in [5.74, 6) is 0.673. The van der Waals surface area contributed by atoms with Crippen LogP contribution < -0.4 is 4.72 Å². The zero-order valence-electron chi connectivity index (χ0n) is 12.1. The topological polar surface area (TPSA) is 64.1 Å². The van der Waals surface area contributed by atoms with Crippen LogP contribution in [0.25, 0.3) is 0 Å². The number of nitrogens with one attached hydrogen (secondary N) is 1. The number of rotatable bonds is 4. The Hall–Kier alpha value is -0.370. The highest BCUT2D eigenvalue weighted by Crippen LogP contribution is 2.42. The lowest BCUT2D eigenvalue weighted by molar-refractivity contribution is -0.0265. The van der Waals surface area contributed by atoms with Crippen LogP contribution in [-0.2, 0) is 21.3 Å². The van der Waals surface area contributed by atoms with Crippen LogP contribution in [0, 0.1) is 0 Å². The molecule has 7 heteroatoms. The van der Waals surface area contributed by atoms with Gasteiger partial charge < -0.3 is 4.74 Å². The third-order valence-corrected chi connectivity index (χ3v) is 5.48. The lowest BCUT2D eigenvalue weighted by atomic mass is 9.74. The van der Waals surface area contributed by atoms with Crippen molar-refractivity contribution in [3.05, 3.63) is 22.7 Å². The molecule has 1 aromatic heterocycles. The zero-order valence-corrected chi connectivity index (χ0v) is 14.5. The van der Waals surface area contributed by atoms with Crippen molar-refractivity contribution in [2.45, 2.75) is 50.0 Å². The number of nitrogens with zero attached hydrogens (tertiary/aromatic N) is 2. The van der Waals surface area contributed by atoms with Gasteiger partial charge >= 0.3 is 0 Å². The van der Waals surface area contributed by atoms with E-state index in [1.807, 2.05) is 20.8 Å². The van der Waals surface area contributed by atoms with Crippen molar-refractivity contribution in [1.29, 1.82) is 0 Å². The lowest BCUT2D eigenvalue weighted by Gasteiger charge is -2.46. The molecular weight excluding hydrogens is 342 g/mol. The Bertz CT molecular complexity index is 495. The summed E-state index contributed by atoms with van der Waals surface area (Å²) < 4.78 is 21.5. The molecular formula is C13H20BrN3O2S. The number of methoxy groups -OCH3 is 1. The maximum Gasteiger partial charge on any atom is 0.149 e. The molecule has 112 valence electrons. The smallest absolute Gasteiger partial charge is 0.149 e. The Morgan fingerprint density at radius 3 is 2.40 bits per heavy atom. The molecule has 1 aliphatic rings. The fourth-order valence-electron chi connectivity index (χ4n) is 2.09. The van der Waals surface area contributed by atoms with Gasteiger partial charge in [0.1, 0.15) is 5.82 Å². The molecule has 0 saturated heterocycles. The molecule has 1 saturated carbocycles. The SMILES string of the molecule is COC1CC(NS(=O)C(C)(C)C)(c2ncc(Br)cn2)C1. The summed E-state index contributed by atoms with van der Waals surface area (Å²) in [6, 6.07) is 0. The number of hydrogen-bond donors (Lipinski definition) is 1. The van der Waals surface area contributed by atoms with Crippen LogP contribution in [0.15, 0.2) is 16.9 Å². The minimum Gasteiger partial charge on any atom is -0.381 e. The molecule has 2 rings (SSSR count). The predicted octanol–water partition coefficient (Wildman–Crippen LogP) is 2.29. The maximum atomic E-state index is 12.4. The van der Waals surface area contributed by atoms with Gasteiger partial charge in [0.2, 0.25) is 0 Å². The third-order valence-electron chi connectivity index (χ3n) is 3.38. The van der Waals surface area contributed by atoms with Crippen molar-refractivity contribution in [2.24, 2.45) is 0 Å². The Morgan fingerprint density at radius 2 is 1.95 bits per heavy atom. The Balaban J connectivity index is 2.24. The van der Waals surface area contributed by atoms with Crippen LogP contribution in [0.3, 0.4) is 0 Å². The summed E-state index contributed by atoms with van der Waals surface area (Å²) in [4.78, 5) is 8.73. The molecule has 0 aromatic carbocycles. The lowest BCUT2D eigenvalue weighted by Crippen LogP contribution is -2.58. The van der Waals surface area contributed by atoms with Gasteiger partial charge in [-0.05, 0) is 36.7 Å². The van der Waals surface area contributed by atoms with E-state index in [0.717, 1.165) is 17.3 Å². The van der Waals surface area contributed by atoms with Gasteiger partial charge in [-0.1, -0.05) is 0 Å². The summed E-state index contributed by atoms with van der Waals surface area (Å²) in [7, 11) is 0.517. The normalized spacial score (nSPS) is 27.9.